The topological polar surface area (TPSA) is 91.8 Å². The fourth-order valence-corrected chi connectivity index (χ4v) is 5.12. The zero-order valence-corrected chi connectivity index (χ0v) is 17.6. The number of Topliss-reactive ketones (excluding diaryl/α,β-unsaturated/α-hetero) is 1. The zero-order chi connectivity index (χ0) is 22.4. The number of hydrogen-bond donors (Lipinski definition) is 1. The van der Waals surface area contributed by atoms with Crippen LogP contribution in [0.1, 0.15) is 74.3 Å². The fraction of sp³-hybridized carbons (Fsp3) is 0.308. The Labute approximate surface area is 185 Å². The summed E-state index contributed by atoms with van der Waals surface area (Å²) in [6, 6.07) is 12.1. The van der Waals surface area contributed by atoms with E-state index in [1.165, 1.54) is 29.6 Å². The molecule has 0 spiro atoms. The maximum Gasteiger partial charge on any atom is 0.308 e. The van der Waals surface area contributed by atoms with E-state index >= 15 is 0 Å². The van der Waals surface area contributed by atoms with Crippen molar-refractivity contribution in [1.82, 2.24) is 4.90 Å². The number of allylic oxidation sites excluding steroid dienone is 2. The third-order valence-electron chi connectivity index (χ3n) is 6.80. The van der Waals surface area contributed by atoms with E-state index in [1.807, 2.05) is 12.1 Å². The normalized spacial score (nSPS) is 17.8. The maximum atomic E-state index is 13.0. The van der Waals surface area contributed by atoms with E-state index in [4.69, 9.17) is 0 Å². The van der Waals surface area contributed by atoms with Gasteiger partial charge in [-0.2, -0.15) is 0 Å². The molecule has 0 aromatic heterocycles. The first-order chi connectivity index (χ1) is 15.4. The van der Waals surface area contributed by atoms with Gasteiger partial charge in [0.1, 0.15) is 0 Å². The van der Waals surface area contributed by atoms with Crippen LogP contribution < -0.4 is 0 Å². The van der Waals surface area contributed by atoms with Crippen LogP contribution in [-0.4, -0.2) is 40.1 Å². The molecule has 2 aromatic rings. The molecule has 0 saturated carbocycles. The Morgan fingerprint density at radius 3 is 2.31 bits per heavy atom. The average Bonchev–Trinajstić information content (AvgIpc) is 3.28. The number of hydrogen-bond acceptors (Lipinski definition) is 4. The van der Waals surface area contributed by atoms with Crippen LogP contribution in [0.4, 0.5) is 0 Å². The molecule has 1 atom stereocenters. The lowest BCUT2D eigenvalue weighted by atomic mass is 9.91. The largest absolute Gasteiger partial charge is 0.481 e. The Kier molecular flexibility index (Phi) is 5.00. The predicted octanol–water partition coefficient (Wildman–Crippen LogP) is 4.14. The summed E-state index contributed by atoms with van der Waals surface area (Å²) in [7, 11) is 0. The summed E-state index contributed by atoms with van der Waals surface area (Å²) >= 11 is 0. The Morgan fingerprint density at radius 2 is 1.62 bits per heavy atom. The van der Waals surface area contributed by atoms with Crippen LogP contribution >= 0.6 is 0 Å². The number of carboxylic acid groups (broad SMARTS) is 1. The molecule has 1 unspecified atom stereocenters. The predicted molar refractivity (Wildman–Crippen MR) is 117 cm³/mol. The van der Waals surface area contributed by atoms with Crippen LogP contribution in [0.2, 0.25) is 0 Å². The second-order valence-corrected chi connectivity index (χ2v) is 8.77. The van der Waals surface area contributed by atoms with Gasteiger partial charge in [0.25, 0.3) is 11.8 Å². The summed E-state index contributed by atoms with van der Waals surface area (Å²) in [5, 5.41) is 9.71. The van der Waals surface area contributed by atoms with Crippen LogP contribution in [-0.2, 0) is 11.2 Å². The molecule has 6 nitrogen and oxygen atoms in total. The molecule has 2 aliphatic carbocycles. The molecule has 1 heterocycles. The van der Waals surface area contributed by atoms with Crippen molar-refractivity contribution in [3.8, 4) is 0 Å². The number of carbonyl (C=O) groups excluding carboxylic acids is 3. The summed E-state index contributed by atoms with van der Waals surface area (Å²) in [6.45, 7) is -0.325. The second kappa shape index (κ2) is 7.86. The molecule has 5 rings (SSSR count). The Bertz CT molecular complexity index is 1170. The van der Waals surface area contributed by atoms with E-state index in [2.05, 4.69) is 0 Å². The standard InChI is InChI=1S/C26H23NO5/c28-23(16-9-10-20-17(12-16)11-15-5-1-2-6-19(15)20)13-18(26(31)32)14-27-24(29)21-7-3-4-8-22(21)25(27)30/h3-4,7-10,12,18H,1-2,5-6,11,13-14H2,(H,31,32). The van der Waals surface area contributed by atoms with Crippen molar-refractivity contribution in [3.63, 3.8) is 0 Å². The number of amides is 2. The minimum Gasteiger partial charge on any atom is -0.481 e. The lowest BCUT2D eigenvalue weighted by Crippen LogP contribution is -2.38. The highest BCUT2D eigenvalue weighted by Gasteiger charge is 2.38. The van der Waals surface area contributed by atoms with Crippen molar-refractivity contribution in [2.75, 3.05) is 6.54 Å². The lowest BCUT2D eigenvalue weighted by molar-refractivity contribution is -0.141. The van der Waals surface area contributed by atoms with Crippen molar-refractivity contribution in [2.45, 2.75) is 38.5 Å². The van der Waals surface area contributed by atoms with Crippen LogP contribution in [0.5, 0.6) is 0 Å². The number of imide groups is 1. The molecule has 0 bridgehead atoms. The summed E-state index contributed by atoms with van der Waals surface area (Å²) in [6.07, 6.45) is 5.18. The minimum atomic E-state index is -1.20. The number of fused-ring (bicyclic) bond motifs is 3. The van der Waals surface area contributed by atoms with E-state index in [-0.39, 0.29) is 29.9 Å². The van der Waals surface area contributed by atoms with Gasteiger partial charge < -0.3 is 5.11 Å². The smallest absolute Gasteiger partial charge is 0.308 e. The van der Waals surface area contributed by atoms with Gasteiger partial charge in [0.15, 0.2) is 5.78 Å². The Balaban J connectivity index is 1.32. The van der Waals surface area contributed by atoms with Crippen molar-refractivity contribution in [3.05, 3.63) is 75.9 Å². The van der Waals surface area contributed by atoms with Crippen molar-refractivity contribution >= 4 is 29.1 Å². The molecule has 6 heteroatoms. The number of carbonyl (C=O) groups is 4. The molecule has 2 amide bonds. The SMILES string of the molecule is O=C(CC(CN1C(=O)c2ccccc2C1=O)C(=O)O)c1ccc2c(c1)CC1=C2CCCC1. The van der Waals surface area contributed by atoms with Crippen molar-refractivity contribution in [1.29, 1.82) is 0 Å². The van der Waals surface area contributed by atoms with Gasteiger partial charge in [-0.05, 0) is 67.0 Å². The van der Waals surface area contributed by atoms with Gasteiger partial charge in [0.05, 0.1) is 17.0 Å². The van der Waals surface area contributed by atoms with Gasteiger partial charge in [-0.25, -0.2) is 0 Å². The number of ketones is 1. The maximum absolute atomic E-state index is 13.0. The molecule has 162 valence electrons. The molecule has 1 N–H and O–H groups in total. The summed E-state index contributed by atoms with van der Waals surface area (Å²) in [5.41, 5.74) is 6.25. The van der Waals surface area contributed by atoms with Crippen LogP contribution in [0, 0.1) is 5.92 Å². The molecule has 0 saturated heterocycles. The van der Waals surface area contributed by atoms with E-state index in [1.54, 1.807) is 30.3 Å². The van der Waals surface area contributed by atoms with E-state index in [0.29, 0.717) is 5.56 Å². The van der Waals surface area contributed by atoms with Gasteiger partial charge in [0.2, 0.25) is 0 Å². The van der Waals surface area contributed by atoms with Gasteiger partial charge in [-0.15, -0.1) is 0 Å². The zero-order valence-electron chi connectivity index (χ0n) is 17.6. The highest BCUT2D eigenvalue weighted by atomic mass is 16.4. The number of aliphatic carboxylic acids is 1. The molecule has 32 heavy (non-hydrogen) atoms. The third kappa shape index (κ3) is 3.36. The highest BCUT2D eigenvalue weighted by molar-refractivity contribution is 6.21. The quantitative estimate of drug-likeness (QED) is 0.550. The third-order valence-corrected chi connectivity index (χ3v) is 6.80. The summed E-state index contributed by atoms with van der Waals surface area (Å²) in [5.74, 6) is -3.68. The molecule has 0 fully saturated rings. The van der Waals surface area contributed by atoms with E-state index in [9.17, 15) is 24.3 Å². The Morgan fingerprint density at radius 1 is 0.938 bits per heavy atom. The first-order valence-electron chi connectivity index (χ1n) is 11.0. The molecule has 3 aliphatic rings. The highest BCUT2D eigenvalue weighted by Crippen LogP contribution is 2.41. The number of carboxylic acids is 1. The molecule has 2 aromatic carbocycles. The first-order valence-corrected chi connectivity index (χ1v) is 11.0. The Hall–Kier alpha value is -3.54. The monoisotopic (exact) mass is 429 g/mol. The van der Waals surface area contributed by atoms with Crippen LogP contribution in [0.25, 0.3) is 5.57 Å². The average molecular weight is 429 g/mol. The van der Waals surface area contributed by atoms with Crippen molar-refractivity contribution < 1.29 is 24.3 Å². The summed E-state index contributed by atoms with van der Waals surface area (Å²) in [4.78, 5) is 51.0. The lowest BCUT2D eigenvalue weighted by Gasteiger charge is -2.19. The van der Waals surface area contributed by atoms with E-state index in [0.717, 1.165) is 29.7 Å². The minimum absolute atomic E-state index is 0.267. The first kappa shape index (κ1) is 20.4. The van der Waals surface area contributed by atoms with Crippen molar-refractivity contribution in [2.24, 2.45) is 5.92 Å². The van der Waals surface area contributed by atoms with Crippen LogP contribution in [0.3, 0.4) is 0 Å². The van der Waals surface area contributed by atoms with Gasteiger partial charge >= 0.3 is 5.97 Å². The fourth-order valence-electron chi connectivity index (χ4n) is 5.12. The van der Waals surface area contributed by atoms with Crippen LogP contribution in [0.15, 0.2) is 48.0 Å². The number of rotatable bonds is 6. The molecule has 1 aliphatic heterocycles. The van der Waals surface area contributed by atoms with Gasteiger partial charge in [-0.3, -0.25) is 24.1 Å². The second-order valence-electron chi connectivity index (χ2n) is 8.77. The molecular formula is C26H23NO5. The van der Waals surface area contributed by atoms with E-state index < -0.39 is 23.7 Å². The number of benzene rings is 2. The molecule has 0 radical (unpaired) electrons. The van der Waals surface area contributed by atoms with Gasteiger partial charge in [0, 0.05) is 18.5 Å². The summed E-state index contributed by atoms with van der Waals surface area (Å²) < 4.78 is 0. The molecular weight excluding hydrogens is 406 g/mol. The van der Waals surface area contributed by atoms with Gasteiger partial charge in [-0.1, -0.05) is 29.8 Å². The number of nitrogens with zero attached hydrogens (tertiary/aromatic N) is 1.